The summed E-state index contributed by atoms with van der Waals surface area (Å²) in [7, 11) is 0. The summed E-state index contributed by atoms with van der Waals surface area (Å²) < 4.78 is 0. The number of hydrogen-bond donors (Lipinski definition) is 0. The first-order valence-electron chi connectivity index (χ1n) is 16.9. The van der Waals surface area contributed by atoms with Crippen molar-refractivity contribution >= 4 is 0 Å². The first-order chi connectivity index (χ1) is 23.2. The number of benzene rings is 7. The molecule has 0 aliphatic heterocycles. The minimum Gasteiger partial charge on any atom is -0.0563 e. The Morgan fingerprint density at radius 2 is 0.312 bits per heavy atom. The fourth-order valence-corrected chi connectivity index (χ4v) is 7.12. The fourth-order valence-electron chi connectivity index (χ4n) is 7.12. The molecule has 0 amide bonds. The van der Waals surface area contributed by atoms with Gasteiger partial charge in [-0.2, -0.15) is 0 Å². The highest BCUT2D eigenvalue weighted by Gasteiger charge is 2.10. The van der Waals surface area contributed by atoms with Crippen molar-refractivity contribution in [1.29, 1.82) is 0 Å². The van der Waals surface area contributed by atoms with E-state index in [1.807, 2.05) is 0 Å². The third kappa shape index (κ3) is 6.80. The number of rotatable bonds is 6. The number of aryl methyl sites for hydroxylation is 6. The van der Waals surface area contributed by atoms with Crippen LogP contribution in [-0.2, 0) is 0 Å². The second-order valence-corrected chi connectivity index (χ2v) is 13.7. The molecule has 234 valence electrons. The highest BCUT2D eigenvalue weighted by atomic mass is 14.1. The molecular formula is C48H42. The Bertz CT molecular complexity index is 1910. The third-order valence-electron chi connectivity index (χ3n) is 9.25. The van der Waals surface area contributed by atoms with Gasteiger partial charge in [-0.25, -0.2) is 0 Å². The van der Waals surface area contributed by atoms with Crippen LogP contribution >= 0.6 is 0 Å². The quantitative estimate of drug-likeness (QED) is 0.174. The maximum absolute atomic E-state index is 2.34. The van der Waals surface area contributed by atoms with Gasteiger partial charge in [-0.05, 0) is 127 Å². The van der Waals surface area contributed by atoms with E-state index in [0.717, 1.165) is 0 Å². The molecule has 0 saturated carbocycles. The lowest BCUT2D eigenvalue weighted by atomic mass is 9.91. The molecule has 0 N–H and O–H groups in total. The molecule has 0 fully saturated rings. The van der Waals surface area contributed by atoms with Crippen molar-refractivity contribution in [3.05, 3.63) is 179 Å². The molecule has 0 aliphatic carbocycles. The van der Waals surface area contributed by atoms with Crippen LogP contribution in [0.2, 0.25) is 0 Å². The smallest absolute Gasteiger partial charge is 0.0172 e. The number of hydrogen-bond acceptors (Lipinski definition) is 0. The summed E-state index contributed by atoms with van der Waals surface area (Å²) in [6.07, 6.45) is 0. The molecule has 0 spiro atoms. The van der Waals surface area contributed by atoms with Crippen molar-refractivity contribution in [2.75, 3.05) is 0 Å². The van der Waals surface area contributed by atoms with Crippen molar-refractivity contribution < 1.29 is 0 Å². The first kappa shape index (κ1) is 31.2. The van der Waals surface area contributed by atoms with Gasteiger partial charge in [0.15, 0.2) is 0 Å². The van der Waals surface area contributed by atoms with Crippen molar-refractivity contribution in [1.82, 2.24) is 0 Å². The predicted octanol–water partition coefficient (Wildman–Crippen LogP) is 13.5. The minimum absolute atomic E-state index is 1.21. The standard InChI is InChI=1S/C48H42/c1-31-19-32(2)23-43(22-31)37-7-13-40(14-8-37)46-28-47(41-15-9-38(10-16-41)44-24-33(3)20-34(4)25-44)30-48(29-46)42-17-11-39(12-18-42)45-26-35(5)21-36(6)27-45/h7-30H,1-6H3. The van der Waals surface area contributed by atoms with Gasteiger partial charge in [0, 0.05) is 0 Å². The average molecular weight is 619 g/mol. The van der Waals surface area contributed by atoms with Crippen molar-refractivity contribution in [3.8, 4) is 66.8 Å². The van der Waals surface area contributed by atoms with Gasteiger partial charge in [0.25, 0.3) is 0 Å². The molecule has 0 atom stereocenters. The molecule has 0 radical (unpaired) electrons. The van der Waals surface area contributed by atoms with Crippen LogP contribution in [0.5, 0.6) is 0 Å². The van der Waals surface area contributed by atoms with E-state index in [4.69, 9.17) is 0 Å². The highest BCUT2D eigenvalue weighted by Crippen LogP contribution is 2.36. The Morgan fingerprint density at radius 1 is 0.167 bits per heavy atom. The first-order valence-corrected chi connectivity index (χ1v) is 16.9. The van der Waals surface area contributed by atoms with Gasteiger partial charge in [0.2, 0.25) is 0 Å². The molecule has 7 rings (SSSR count). The molecule has 0 aromatic heterocycles. The molecule has 48 heavy (non-hydrogen) atoms. The zero-order valence-electron chi connectivity index (χ0n) is 28.9. The summed E-state index contributed by atoms with van der Waals surface area (Å²) in [5.74, 6) is 0. The normalized spacial score (nSPS) is 11.1. The second-order valence-electron chi connectivity index (χ2n) is 13.7. The van der Waals surface area contributed by atoms with Gasteiger partial charge in [-0.15, -0.1) is 0 Å². The third-order valence-corrected chi connectivity index (χ3v) is 9.25. The zero-order chi connectivity index (χ0) is 33.4. The average Bonchev–Trinajstić information content (AvgIpc) is 3.07. The van der Waals surface area contributed by atoms with Gasteiger partial charge < -0.3 is 0 Å². The molecular weight excluding hydrogens is 577 g/mol. The van der Waals surface area contributed by atoms with Crippen LogP contribution in [0.15, 0.2) is 146 Å². The highest BCUT2D eigenvalue weighted by molar-refractivity contribution is 5.83. The SMILES string of the molecule is Cc1cc(C)cc(-c2ccc(-c3cc(-c4ccc(-c5cc(C)cc(C)c5)cc4)cc(-c4ccc(-c5cc(C)cc(C)c5)cc4)c3)cc2)c1. The summed E-state index contributed by atoms with van der Waals surface area (Å²) in [5.41, 5.74) is 22.5. The topological polar surface area (TPSA) is 0 Å². The van der Waals surface area contributed by atoms with E-state index >= 15 is 0 Å². The molecule has 0 bridgehead atoms. The Hall–Kier alpha value is -5.46. The maximum Gasteiger partial charge on any atom is -0.0172 e. The summed E-state index contributed by atoms with van der Waals surface area (Å²) in [6, 6.07) is 54.5. The second kappa shape index (κ2) is 13.0. The predicted molar refractivity (Wildman–Crippen MR) is 207 cm³/mol. The van der Waals surface area contributed by atoms with E-state index < -0.39 is 0 Å². The van der Waals surface area contributed by atoms with E-state index in [1.54, 1.807) is 0 Å². The maximum atomic E-state index is 2.34. The van der Waals surface area contributed by atoms with Gasteiger partial charge in [-0.3, -0.25) is 0 Å². The summed E-state index contributed by atoms with van der Waals surface area (Å²) in [4.78, 5) is 0. The van der Waals surface area contributed by atoms with Crippen molar-refractivity contribution in [3.63, 3.8) is 0 Å². The van der Waals surface area contributed by atoms with Crippen LogP contribution in [0.25, 0.3) is 66.8 Å². The van der Waals surface area contributed by atoms with Crippen LogP contribution in [0.3, 0.4) is 0 Å². The fraction of sp³-hybridized carbons (Fsp3) is 0.125. The van der Waals surface area contributed by atoms with E-state index in [0.29, 0.717) is 0 Å². The van der Waals surface area contributed by atoms with Crippen molar-refractivity contribution in [2.24, 2.45) is 0 Å². The molecule has 0 heteroatoms. The van der Waals surface area contributed by atoms with Gasteiger partial charge in [-0.1, -0.05) is 161 Å². The molecule has 7 aromatic rings. The lowest BCUT2D eigenvalue weighted by molar-refractivity contribution is 1.38. The minimum atomic E-state index is 1.21. The molecule has 0 heterocycles. The lowest BCUT2D eigenvalue weighted by Gasteiger charge is -2.13. The van der Waals surface area contributed by atoms with Gasteiger partial charge in [0.1, 0.15) is 0 Å². The van der Waals surface area contributed by atoms with E-state index in [1.165, 1.54) is 100 Å². The van der Waals surface area contributed by atoms with Gasteiger partial charge in [0.05, 0.1) is 0 Å². The van der Waals surface area contributed by atoms with Crippen molar-refractivity contribution in [2.45, 2.75) is 41.5 Å². The van der Waals surface area contributed by atoms with E-state index in [2.05, 4.69) is 187 Å². The zero-order valence-corrected chi connectivity index (χ0v) is 28.9. The van der Waals surface area contributed by atoms with Crippen LogP contribution in [0.4, 0.5) is 0 Å². The monoisotopic (exact) mass is 618 g/mol. The van der Waals surface area contributed by atoms with Gasteiger partial charge >= 0.3 is 0 Å². The summed E-state index contributed by atoms with van der Waals surface area (Å²) in [6.45, 7) is 13.0. The Balaban J connectivity index is 1.29. The molecule has 7 aromatic carbocycles. The Kier molecular flexibility index (Phi) is 8.42. The molecule has 0 nitrogen and oxygen atoms in total. The van der Waals surface area contributed by atoms with Crippen LogP contribution in [0, 0.1) is 41.5 Å². The largest absolute Gasteiger partial charge is 0.0563 e. The van der Waals surface area contributed by atoms with Crippen LogP contribution < -0.4 is 0 Å². The molecule has 0 aliphatic rings. The van der Waals surface area contributed by atoms with E-state index in [-0.39, 0.29) is 0 Å². The van der Waals surface area contributed by atoms with E-state index in [9.17, 15) is 0 Å². The van der Waals surface area contributed by atoms with Crippen LogP contribution in [0.1, 0.15) is 33.4 Å². The molecule has 0 unspecified atom stereocenters. The molecule has 0 saturated heterocycles. The Morgan fingerprint density at radius 3 is 0.479 bits per heavy atom. The summed E-state index contributed by atoms with van der Waals surface area (Å²) in [5, 5.41) is 0. The lowest BCUT2D eigenvalue weighted by Crippen LogP contribution is -1.88. The van der Waals surface area contributed by atoms with Crippen LogP contribution in [-0.4, -0.2) is 0 Å². The Labute approximate surface area is 286 Å². The summed E-state index contributed by atoms with van der Waals surface area (Å²) >= 11 is 0.